The normalized spacial score (nSPS) is 16.4. The van der Waals surface area contributed by atoms with E-state index in [1.54, 1.807) is 13.8 Å². The fraction of sp³-hybridized carbons (Fsp3) is 0.900. The summed E-state index contributed by atoms with van der Waals surface area (Å²) >= 11 is 0. The lowest BCUT2D eigenvalue weighted by Gasteiger charge is -2.31. The summed E-state index contributed by atoms with van der Waals surface area (Å²) in [7, 11) is -4.16. The topological polar surface area (TPSA) is 104 Å². The summed E-state index contributed by atoms with van der Waals surface area (Å²) in [6.07, 6.45) is 0.428. The maximum Gasteiger partial charge on any atom is 0.267 e. The molecule has 0 aliphatic rings. The first-order chi connectivity index (χ1) is 7.46. The highest BCUT2D eigenvalue weighted by Crippen LogP contribution is 2.21. The zero-order valence-corrected chi connectivity index (χ0v) is 11.5. The van der Waals surface area contributed by atoms with Gasteiger partial charge in [0.1, 0.15) is 0 Å². The van der Waals surface area contributed by atoms with Crippen molar-refractivity contribution in [2.45, 2.75) is 39.7 Å². The molecule has 102 valence electrons. The van der Waals surface area contributed by atoms with Gasteiger partial charge in [0.25, 0.3) is 10.1 Å². The quantitative estimate of drug-likeness (QED) is 0.595. The lowest BCUT2D eigenvalue weighted by atomic mass is 9.86. The third-order valence-electron chi connectivity index (χ3n) is 2.67. The molecule has 0 saturated heterocycles. The Labute approximate surface area is 102 Å². The van der Waals surface area contributed by atoms with Crippen LogP contribution in [0.25, 0.3) is 0 Å². The van der Waals surface area contributed by atoms with E-state index in [4.69, 9.17) is 9.66 Å². The number of carbonyl (C=O) groups is 1. The Hall–Kier alpha value is -0.660. The second-order valence-electron chi connectivity index (χ2n) is 5.14. The summed E-state index contributed by atoms with van der Waals surface area (Å²) in [4.78, 5) is 11.9. The Kier molecular flexibility index (Phi) is 5.12. The molecule has 6 nitrogen and oxygen atoms in total. The molecule has 1 amide bonds. The third-order valence-corrected chi connectivity index (χ3v) is 3.76. The molecule has 0 saturated carbocycles. The number of rotatable bonds is 6. The van der Waals surface area contributed by atoms with Gasteiger partial charge in [0, 0.05) is 0 Å². The van der Waals surface area contributed by atoms with E-state index in [2.05, 4.69) is 5.32 Å². The van der Waals surface area contributed by atoms with E-state index in [0.717, 1.165) is 0 Å². The highest BCUT2D eigenvalue weighted by Gasteiger charge is 2.35. The van der Waals surface area contributed by atoms with Crippen LogP contribution in [0.15, 0.2) is 0 Å². The maximum absolute atomic E-state index is 11.9. The number of nitrogens with one attached hydrogen (secondary N) is 1. The molecule has 0 aliphatic heterocycles. The van der Waals surface area contributed by atoms with Crippen molar-refractivity contribution in [3.8, 4) is 0 Å². The second kappa shape index (κ2) is 5.32. The minimum absolute atomic E-state index is 0.322. The van der Waals surface area contributed by atoms with Crippen molar-refractivity contribution in [1.82, 2.24) is 5.32 Å². The van der Waals surface area contributed by atoms with Gasteiger partial charge < -0.3 is 10.4 Å². The molecule has 0 heterocycles. The van der Waals surface area contributed by atoms with Crippen LogP contribution in [0.3, 0.4) is 0 Å². The largest absolute Gasteiger partial charge is 0.395 e. The average molecular weight is 267 g/mol. The van der Waals surface area contributed by atoms with E-state index >= 15 is 0 Å². The molecule has 0 aromatic heterocycles. The maximum atomic E-state index is 11.9. The number of aliphatic hydroxyl groups excluding tert-OH is 1. The molecule has 0 aromatic carbocycles. The van der Waals surface area contributed by atoms with Crippen molar-refractivity contribution in [2.75, 3.05) is 12.4 Å². The van der Waals surface area contributed by atoms with Crippen molar-refractivity contribution < 1.29 is 22.9 Å². The SMILES string of the molecule is CCC(C)(CO)C(=O)NC(C)(C)CS(=O)(=O)O. The van der Waals surface area contributed by atoms with Crippen molar-refractivity contribution in [2.24, 2.45) is 5.41 Å². The van der Waals surface area contributed by atoms with Crippen molar-refractivity contribution in [3.63, 3.8) is 0 Å². The molecule has 7 heteroatoms. The molecular weight excluding hydrogens is 246 g/mol. The zero-order valence-electron chi connectivity index (χ0n) is 10.6. The predicted molar refractivity (Wildman–Crippen MR) is 64.1 cm³/mol. The van der Waals surface area contributed by atoms with Gasteiger partial charge in [-0.2, -0.15) is 8.42 Å². The minimum Gasteiger partial charge on any atom is -0.395 e. The molecule has 0 spiro atoms. The second-order valence-corrected chi connectivity index (χ2v) is 6.59. The smallest absolute Gasteiger partial charge is 0.267 e. The highest BCUT2D eigenvalue weighted by molar-refractivity contribution is 7.85. The molecule has 0 aromatic rings. The minimum atomic E-state index is -4.16. The summed E-state index contributed by atoms with van der Waals surface area (Å²) in [6.45, 7) is 6.01. The number of carbonyl (C=O) groups excluding carboxylic acids is 1. The summed E-state index contributed by atoms with van der Waals surface area (Å²) in [6, 6.07) is 0. The van der Waals surface area contributed by atoms with Crippen LogP contribution >= 0.6 is 0 Å². The van der Waals surface area contributed by atoms with Crippen LogP contribution in [0.4, 0.5) is 0 Å². The Bertz CT molecular complexity index is 370. The molecule has 0 aliphatic carbocycles. The fourth-order valence-corrected chi connectivity index (χ4v) is 2.28. The lowest BCUT2D eigenvalue weighted by Crippen LogP contribution is -2.53. The van der Waals surface area contributed by atoms with E-state index in [9.17, 15) is 13.2 Å². The van der Waals surface area contributed by atoms with Crippen LogP contribution in [0.2, 0.25) is 0 Å². The number of amides is 1. The average Bonchev–Trinajstić information content (AvgIpc) is 2.11. The molecule has 0 rings (SSSR count). The van der Waals surface area contributed by atoms with Crippen LogP contribution in [-0.4, -0.2) is 41.9 Å². The van der Waals surface area contributed by atoms with Gasteiger partial charge in [0.2, 0.25) is 5.91 Å². The first-order valence-corrected chi connectivity index (χ1v) is 6.95. The van der Waals surface area contributed by atoms with Gasteiger partial charge in [0.05, 0.1) is 23.3 Å². The van der Waals surface area contributed by atoms with Crippen LogP contribution in [0.5, 0.6) is 0 Å². The standard InChI is InChI=1S/C10H21NO5S/c1-5-10(4,6-12)8(13)11-9(2,3)7-17(14,15)16/h12H,5-7H2,1-4H3,(H,11,13)(H,14,15,16). The van der Waals surface area contributed by atoms with Gasteiger partial charge in [-0.3, -0.25) is 9.35 Å². The summed E-state index contributed by atoms with van der Waals surface area (Å²) in [5, 5.41) is 11.7. The monoisotopic (exact) mass is 267 g/mol. The molecular formula is C10H21NO5S. The molecule has 0 radical (unpaired) electrons. The van der Waals surface area contributed by atoms with Crippen LogP contribution < -0.4 is 5.32 Å². The van der Waals surface area contributed by atoms with E-state index in [1.165, 1.54) is 13.8 Å². The predicted octanol–water partition coefficient (Wildman–Crippen LogP) is 0.178. The van der Waals surface area contributed by atoms with E-state index < -0.39 is 32.7 Å². The van der Waals surface area contributed by atoms with Gasteiger partial charge in [-0.1, -0.05) is 6.92 Å². The van der Waals surface area contributed by atoms with Gasteiger partial charge in [-0.15, -0.1) is 0 Å². The van der Waals surface area contributed by atoms with Crippen LogP contribution in [0.1, 0.15) is 34.1 Å². The van der Waals surface area contributed by atoms with E-state index in [-0.39, 0.29) is 6.61 Å². The van der Waals surface area contributed by atoms with Crippen LogP contribution in [0, 0.1) is 5.41 Å². The van der Waals surface area contributed by atoms with Gasteiger partial charge >= 0.3 is 0 Å². The highest BCUT2D eigenvalue weighted by atomic mass is 32.2. The molecule has 17 heavy (non-hydrogen) atoms. The number of hydrogen-bond acceptors (Lipinski definition) is 4. The van der Waals surface area contributed by atoms with Crippen molar-refractivity contribution >= 4 is 16.0 Å². The summed E-state index contributed by atoms with van der Waals surface area (Å²) in [5.74, 6) is -1.01. The van der Waals surface area contributed by atoms with Crippen molar-refractivity contribution in [3.05, 3.63) is 0 Å². The number of hydrogen-bond donors (Lipinski definition) is 3. The Morgan fingerprint density at radius 1 is 1.29 bits per heavy atom. The fourth-order valence-electron chi connectivity index (χ4n) is 1.29. The lowest BCUT2D eigenvalue weighted by molar-refractivity contribution is -0.134. The van der Waals surface area contributed by atoms with E-state index in [0.29, 0.717) is 6.42 Å². The third kappa shape index (κ3) is 5.47. The first-order valence-electron chi connectivity index (χ1n) is 5.34. The zero-order chi connectivity index (χ0) is 13.9. The first kappa shape index (κ1) is 16.3. The van der Waals surface area contributed by atoms with Gasteiger partial charge in [-0.25, -0.2) is 0 Å². The van der Waals surface area contributed by atoms with Crippen LogP contribution in [-0.2, 0) is 14.9 Å². The molecule has 0 bridgehead atoms. The van der Waals surface area contributed by atoms with Crippen molar-refractivity contribution in [1.29, 1.82) is 0 Å². The Morgan fingerprint density at radius 2 is 1.76 bits per heavy atom. The number of aliphatic hydroxyl groups is 1. The Balaban J connectivity index is 4.79. The van der Waals surface area contributed by atoms with Gasteiger partial charge in [-0.05, 0) is 27.2 Å². The van der Waals surface area contributed by atoms with Gasteiger partial charge in [0.15, 0.2) is 0 Å². The molecule has 1 atom stereocenters. The summed E-state index contributed by atoms with van der Waals surface area (Å²) in [5.41, 5.74) is -2.03. The molecule has 0 fully saturated rings. The Morgan fingerprint density at radius 3 is 2.06 bits per heavy atom. The van der Waals surface area contributed by atoms with E-state index in [1.807, 2.05) is 0 Å². The summed E-state index contributed by atoms with van der Waals surface area (Å²) < 4.78 is 30.3. The molecule has 3 N–H and O–H groups in total. The molecule has 1 unspecified atom stereocenters.